The smallest absolute Gasteiger partial charge is 0.253 e. The number of hydrogen-bond acceptors (Lipinski definition) is 3. The average molecular weight is 275 g/mol. The summed E-state index contributed by atoms with van der Waals surface area (Å²) in [7, 11) is 3.41. The summed E-state index contributed by atoms with van der Waals surface area (Å²) in [6, 6.07) is 7.62. The summed E-state index contributed by atoms with van der Waals surface area (Å²) in [6.45, 7) is 0.701. The molecule has 0 unspecified atom stereocenters. The average Bonchev–Trinajstić information content (AvgIpc) is 3.22. The van der Waals surface area contributed by atoms with Crippen LogP contribution in [0.4, 0.5) is 5.69 Å². The lowest BCUT2D eigenvalue weighted by atomic mass is 10.2. The molecule has 1 aromatic rings. The van der Waals surface area contributed by atoms with Crippen molar-refractivity contribution in [2.75, 3.05) is 26.0 Å². The maximum absolute atomic E-state index is 11.8. The Morgan fingerprint density at radius 3 is 2.70 bits per heavy atom. The van der Waals surface area contributed by atoms with E-state index in [4.69, 9.17) is 0 Å². The standard InChI is InChI=1S/C15H21N3O2/c1-18(2)15(20)11-4-3-5-13(10-11)17-14(19)8-9-16-12-6-7-12/h3-5,10,12,16H,6-9H2,1-2H3,(H,17,19). The number of benzene rings is 1. The van der Waals surface area contributed by atoms with E-state index in [1.54, 1.807) is 38.4 Å². The van der Waals surface area contributed by atoms with Gasteiger partial charge in [0.2, 0.25) is 5.91 Å². The molecule has 108 valence electrons. The molecule has 0 saturated heterocycles. The van der Waals surface area contributed by atoms with Crippen LogP contribution in [0.5, 0.6) is 0 Å². The highest BCUT2D eigenvalue weighted by molar-refractivity contribution is 5.97. The third-order valence-electron chi connectivity index (χ3n) is 3.16. The molecule has 0 aromatic heterocycles. The Morgan fingerprint density at radius 1 is 1.30 bits per heavy atom. The van der Waals surface area contributed by atoms with Crippen LogP contribution < -0.4 is 10.6 Å². The predicted molar refractivity (Wildman–Crippen MR) is 78.7 cm³/mol. The molecule has 20 heavy (non-hydrogen) atoms. The van der Waals surface area contributed by atoms with E-state index >= 15 is 0 Å². The van der Waals surface area contributed by atoms with Gasteiger partial charge in [-0.15, -0.1) is 0 Å². The lowest BCUT2D eigenvalue weighted by molar-refractivity contribution is -0.116. The van der Waals surface area contributed by atoms with E-state index < -0.39 is 0 Å². The molecule has 0 spiro atoms. The van der Waals surface area contributed by atoms with Crippen molar-refractivity contribution in [2.45, 2.75) is 25.3 Å². The van der Waals surface area contributed by atoms with Crippen LogP contribution in [-0.4, -0.2) is 43.4 Å². The van der Waals surface area contributed by atoms with Crippen molar-refractivity contribution in [3.63, 3.8) is 0 Å². The van der Waals surface area contributed by atoms with Gasteiger partial charge in [0.05, 0.1) is 0 Å². The Labute approximate surface area is 119 Å². The highest BCUT2D eigenvalue weighted by Crippen LogP contribution is 2.18. The number of rotatable bonds is 6. The lowest BCUT2D eigenvalue weighted by Gasteiger charge is -2.11. The summed E-state index contributed by atoms with van der Waals surface area (Å²) in [6.07, 6.45) is 2.88. The lowest BCUT2D eigenvalue weighted by Crippen LogP contribution is -2.24. The zero-order chi connectivity index (χ0) is 14.5. The minimum atomic E-state index is -0.0727. The van der Waals surface area contributed by atoms with Crippen LogP contribution in [0.25, 0.3) is 0 Å². The Bertz CT molecular complexity index is 496. The molecule has 0 bridgehead atoms. The largest absolute Gasteiger partial charge is 0.345 e. The highest BCUT2D eigenvalue weighted by Gasteiger charge is 2.20. The van der Waals surface area contributed by atoms with Crippen molar-refractivity contribution in [3.05, 3.63) is 29.8 Å². The van der Waals surface area contributed by atoms with Crippen molar-refractivity contribution < 1.29 is 9.59 Å². The number of amides is 2. The van der Waals surface area contributed by atoms with E-state index in [-0.39, 0.29) is 11.8 Å². The van der Waals surface area contributed by atoms with Gasteiger partial charge < -0.3 is 15.5 Å². The highest BCUT2D eigenvalue weighted by atomic mass is 16.2. The number of carbonyl (C=O) groups excluding carboxylic acids is 2. The monoisotopic (exact) mass is 275 g/mol. The second-order valence-corrected chi connectivity index (χ2v) is 5.31. The fourth-order valence-corrected chi connectivity index (χ4v) is 1.89. The molecule has 1 saturated carbocycles. The van der Waals surface area contributed by atoms with Crippen molar-refractivity contribution in [1.82, 2.24) is 10.2 Å². The zero-order valence-electron chi connectivity index (χ0n) is 12.0. The van der Waals surface area contributed by atoms with E-state index in [1.165, 1.54) is 17.7 Å². The fraction of sp³-hybridized carbons (Fsp3) is 0.467. The van der Waals surface area contributed by atoms with Crippen LogP contribution in [-0.2, 0) is 4.79 Å². The van der Waals surface area contributed by atoms with E-state index in [0.717, 1.165) is 0 Å². The maximum atomic E-state index is 11.8. The molecule has 1 aromatic carbocycles. The molecule has 5 heteroatoms. The van der Waals surface area contributed by atoms with Crippen LogP contribution in [0.15, 0.2) is 24.3 Å². The summed E-state index contributed by atoms with van der Waals surface area (Å²) in [4.78, 5) is 25.1. The molecule has 2 N–H and O–H groups in total. The predicted octanol–water partition coefficient (Wildman–Crippen LogP) is 1.47. The van der Waals surface area contributed by atoms with Crippen LogP contribution in [0, 0.1) is 0 Å². The Morgan fingerprint density at radius 2 is 2.05 bits per heavy atom. The first-order valence-corrected chi connectivity index (χ1v) is 6.91. The molecule has 1 aliphatic carbocycles. The summed E-state index contributed by atoms with van der Waals surface area (Å²) < 4.78 is 0. The van der Waals surface area contributed by atoms with Crippen molar-refractivity contribution in [1.29, 1.82) is 0 Å². The van der Waals surface area contributed by atoms with Gasteiger partial charge in [-0.05, 0) is 31.0 Å². The molecule has 0 atom stereocenters. The van der Waals surface area contributed by atoms with Crippen LogP contribution in [0.2, 0.25) is 0 Å². The van der Waals surface area contributed by atoms with Gasteiger partial charge in [0.1, 0.15) is 0 Å². The van der Waals surface area contributed by atoms with Crippen LogP contribution in [0.3, 0.4) is 0 Å². The topological polar surface area (TPSA) is 61.4 Å². The number of nitrogens with zero attached hydrogens (tertiary/aromatic N) is 1. The second-order valence-electron chi connectivity index (χ2n) is 5.31. The first-order chi connectivity index (χ1) is 9.56. The molecule has 1 aliphatic rings. The molecule has 0 aliphatic heterocycles. The third-order valence-corrected chi connectivity index (χ3v) is 3.16. The van der Waals surface area contributed by atoms with Gasteiger partial charge in [-0.3, -0.25) is 9.59 Å². The molecule has 2 rings (SSSR count). The van der Waals surface area contributed by atoms with Gasteiger partial charge in [-0.1, -0.05) is 6.07 Å². The van der Waals surface area contributed by atoms with E-state index in [1.807, 2.05) is 0 Å². The van der Waals surface area contributed by atoms with E-state index in [2.05, 4.69) is 10.6 Å². The fourth-order valence-electron chi connectivity index (χ4n) is 1.89. The molecule has 5 nitrogen and oxygen atoms in total. The summed E-state index contributed by atoms with van der Waals surface area (Å²) in [5, 5.41) is 6.12. The Hall–Kier alpha value is -1.88. The molecule has 2 amide bonds. The SMILES string of the molecule is CN(C)C(=O)c1cccc(NC(=O)CCNC2CC2)c1. The normalized spacial score (nSPS) is 13.9. The first-order valence-electron chi connectivity index (χ1n) is 6.91. The van der Waals surface area contributed by atoms with Gasteiger partial charge in [-0.2, -0.15) is 0 Å². The van der Waals surface area contributed by atoms with Crippen molar-refractivity contribution in [2.24, 2.45) is 0 Å². The van der Waals surface area contributed by atoms with Gasteiger partial charge in [0.25, 0.3) is 5.91 Å². The van der Waals surface area contributed by atoms with E-state index in [9.17, 15) is 9.59 Å². The third kappa shape index (κ3) is 4.35. The van der Waals surface area contributed by atoms with Gasteiger partial charge in [0.15, 0.2) is 0 Å². The van der Waals surface area contributed by atoms with Crippen molar-refractivity contribution >= 4 is 17.5 Å². The maximum Gasteiger partial charge on any atom is 0.253 e. The molecule has 0 radical (unpaired) electrons. The second kappa shape index (κ2) is 6.52. The van der Waals surface area contributed by atoms with Gasteiger partial charge in [0, 0.05) is 44.4 Å². The van der Waals surface area contributed by atoms with Crippen LogP contribution in [0.1, 0.15) is 29.6 Å². The van der Waals surface area contributed by atoms with Gasteiger partial charge >= 0.3 is 0 Å². The van der Waals surface area contributed by atoms with Crippen LogP contribution >= 0.6 is 0 Å². The summed E-state index contributed by atoms with van der Waals surface area (Å²) in [5.74, 6) is -0.107. The molecular formula is C15H21N3O2. The molecular weight excluding hydrogens is 254 g/mol. The number of nitrogens with one attached hydrogen (secondary N) is 2. The first kappa shape index (κ1) is 14.5. The van der Waals surface area contributed by atoms with Crippen molar-refractivity contribution in [3.8, 4) is 0 Å². The zero-order valence-corrected chi connectivity index (χ0v) is 12.0. The van der Waals surface area contributed by atoms with Gasteiger partial charge in [-0.25, -0.2) is 0 Å². The quantitative estimate of drug-likeness (QED) is 0.826. The summed E-state index contributed by atoms with van der Waals surface area (Å²) in [5.41, 5.74) is 1.23. The van der Waals surface area contributed by atoms with E-state index in [0.29, 0.717) is 30.3 Å². The minimum absolute atomic E-state index is 0.0346. The minimum Gasteiger partial charge on any atom is -0.345 e. The molecule has 0 heterocycles. The Balaban J connectivity index is 1.86. The number of hydrogen-bond donors (Lipinski definition) is 2. The number of carbonyl (C=O) groups is 2. The number of anilines is 1. The summed E-state index contributed by atoms with van der Waals surface area (Å²) >= 11 is 0. The Kier molecular flexibility index (Phi) is 4.74. The molecule has 1 fully saturated rings.